The van der Waals surface area contributed by atoms with Gasteiger partial charge in [-0.25, -0.2) is 5.06 Å². The van der Waals surface area contributed by atoms with Gasteiger partial charge in [0.05, 0.1) is 25.3 Å². The third kappa shape index (κ3) is 6.75. The van der Waals surface area contributed by atoms with Gasteiger partial charge in [-0.15, -0.1) is 0 Å². The van der Waals surface area contributed by atoms with Crippen LogP contribution in [0.15, 0.2) is 60.3 Å². The number of hydrogen-bond acceptors (Lipinski definition) is 4. The molecule has 1 heterocycles. The number of aryl methyl sites for hydroxylation is 2. The van der Waals surface area contributed by atoms with E-state index in [1.807, 2.05) is 13.0 Å². The highest BCUT2D eigenvalue weighted by molar-refractivity contribution is 6.30. The molecule has 2 unspecified atom stereocenters. The predicted octanol–water partition coefficient (Wildman–Crippen LogP) is 6.11. The zero-order valence-electron chi connectivity index (χ0n) is 21.3. The summed E-state index contributed by atoms with van der Waals surface area (Å²) in [5.41, 5.74) is 8.55. The molecule has 0 saturated heterocycles. The van der Waals surface area contributed by atoms with E-state index in [1.165, 1.54) is 27.8 Å². The van der Waals surface area contributed by atoms with Crippen molar-refractivity contribution < 1.29 is 14.7 Å². The van der Waals surface area contributed by atoms with Gasteiger partial charge in [0.25, 0.3) is 0 Å². The molecule has 2 aromatic carbocycles. The molecule has 0 spiro atoms. The molecular weight excluding hydrogens is 460 g/mol. The molecule has 5 nitrogen and oxygen atoms in total. The van der Waals surface area contributed by atoms with Crippen molar-refractivity contribution in [1.29, 1.82) is 0 Å². The number of halogens is 1. The highest BCUT2D eigenvalue weighted by Crippen LogP contribution is 2.42. The van der Waals surface area contributed by atoms with E-state index in [0.29, 0.717) is 19.4 Å². The maximum atomic E-state index is 11.0. The summed E-state index contributed by atoms with van der Waals surface area (Å²) in [6.45, 7) is 13.9. The predicted molar refractivity (Wildman–Crippen MR) is 143 cm³/mol. The van der Waals surface area contributed by atoms with Gasteiger partial charge >= 0.3 is 0 Å². The van der Waals surface area contributed by atoms with Crippen LogP contribution in [0, 0.1) is 6.92 Å². The third-order valence-corrected chi connectivity index (χ3v) is 6.92. The van der Waals surface area contributed by atoms with Crippen molar-refractivity contribution in [2.45, 2.75) is 59.1 Å². The SMILES string of the molecule is C=C(C)N1CCC(c2cc(Cl)ccc2C)=C(C)C1c1ccc(CCC(O)CN(C=O)OCC)cc1. The summed E-state index contributed by atoms with van der Waals surface area (Å²) >= 11 is 6.35. The minimum absolute atomic E-state index is 0.113. The fourth-order valence-corrected chi connectivity index (χ4v) is 5.03. The number of nitrogens with zero attached hydrogens (tertiary/aromatic N) is 2. The summed E-state index contributed by atoms with van der Waals surface area (Å²) in [5, 5.41) is 12.2. The van der Waals surface area contributed by atoms with E-state index in [-0.39, 0.29) is 12.6 Å². The Bertz CT molecular complexity index is 1060. The van der Waals surface area contributed by atoms with Crippen molar-refractivity contribution in [3.8, 4) is 0 Å². The summed E-state index contributed by atoms with van der Waals surface area (Å²) < 4.78 is 0. The van der Waals surface area contributed by atoms with Gasteiger partial charge in [0.15, 0.2) is 0 Å². The normalized spacial score (nSPS) is 16.9. The Labute approximate surface area is 214 Å². The molecular formula is C29H37ClN2O3. The van der Waals surface area contributed by atoms with E-state index < -0.39 is 6.10 Å². The molecule has 1 amide bonds. The lowest BCUT2D eigenvalue weighted by atomic mass is 9.84. The maximum absolute atomic E-state index is 11.0. The molecule has 0 aliphatic carbocycles. The van der Waals surface area contributed by atoms with Crippen LogP contribution < -0.4 is 0 Å². The Hall–Kier alpha value is -2.60. The van der Waals surface area contributed by atoms with Crippen LogP contribution in [-0.2, 0) is 16.1 Å². The van der Waals surface area contributed by atoms with Crippen molar-refractivity contribution in [3.05, 3.63) is 87.6 Å². The highest BCUT2D eigenvalue weighted by atomic mass is 35.5. The minimum atomic E-state index is -0.641. The van der Waals surface area contributed by atoms with Crippen LogP contribution in [0.25, 0.3) is 5.57 Å². The Morgan fingerprint density at radius 2 is 2.00 bits per heavy atom. The lowest BCUT2D eigenvalue weighted by Gasteiger charge is -2.40. The molecule has 188 valence electrons. The van der Waals surface area contributed by atoms with E-state index in [0.717, 1.165) is 40.7 Å². The first-order valence-corrected chi connectivity index (χ1v) is 12.6. The Kier molecular flexibility index (Phi) is 9.55. The number of rotatable bonds is 11. The van der Waals surface area contributed by atoms with E-state index in [2.05, 4.69) is 68.6 Å². The lowest BCUT2D eigenvalue weighted by molar-refractivity contribution is -0.177. The fraction of sp³-hybridized carbons (Fsp3) is 0.414. The molecule has 6 heteroatoms. The van der Waals surface area contributed by atoms with Crippen LogP contribution in [-0.4, -0.2) is 47.3 Å². The molecule has 3 rings (SSSR count). The van der Waals surface area contributed by atoms with Crippen molar-refractivity contribution >= 4 is 23.6 Å². The summed E-state index contributed by atoms with van der Waals surface area (Å²) in [6, 6.07) is 14.8. The summed E-state index contributed by atoms with van der Waals surface area (Å²) in [7, 11) is 0. The first-order chi connectivity index (χ1) is 16.7. The zero-order chi connectivity index (χ0) is 25.5. The van der Waals surface area contributed by atoms with E-state index in [1.54, 1.807) is 0 Å². The van der Waals surface area contributed by atoms with Crippen LogP contribution in [0.5, 0.6) is 0 Å². The van der Waals surface area contributed by atoms with Crippen molar-refractivity contribution in [1.82, 2.24) is 9.96 Å². The molecule has 0 fully saturated rings. The number of carbonyl (C=O) groups is 1. The smallest absolute Gasteiger partial charge is 0.233 e. The molecule has 2 atom stereocenters. The van der Waals surface area contributed by atoms with Gasteiger partial charge in [-0.05, 0) is 92.5 Å². The zero-order valence-corrected chi connectivity index (χ0v) is 22.0. The van der Waals surface area contributed by atoms with Crippen molar-refractivity contribution in [3.63, 3.8) is 0 Å². The second-order valence-corrected chi connectivity index (χ2v) is 9.70. The maximum Gasteiger partial charge on any atom is 0.233 e. The third-order valence-electron chi connectivity index (χ3n) is 6.68. The number of allylic oxidation sites excluding steroid dienone is 1. The number of hydrogen-bond donors (Lipinski definition) is 1. The highest BCUT2D eigenvalue weighted by Gasteiger charge is 2.29. The van der Waals surface area contributed by atoms with Crippen LogP contribution in [0.3, 0.4) is 0 Å². The van der Waals surface area contributed by atoms with Crippen LogP contribution in [0.4, 0.5) is 0 Å². The Morgan fingerprint density at radius 3 is 2.63 bits per heavy atom. The van der Waals surface area contributed by atoms with Gasteiger partial charge in [0.2, 0.25) is 6.41 Å². The summed E-state index contributed by atoms with van der Waals surface area (Å²) in [4.78, 5) is 18.6. The van der Waals surface area contributed by atoms with Crippen LogP contribution >= 0.6 is 11.6 Å². The molecule has 1 N–H and O–H groups in total. The summed E-state index contributed by atoms with van der Waals surface area (Å²) in [5.74, 6) is 0. The Morgan fingerprint density at radius 1 is 1.29 bits per heavy atom. The van der Waals surface area contributed by atoms with Crippen molar-refractivity contribution in [2.75, 3.05) is 19.7 Å². The van der Waals surface area contributed by atoms with Gasteiger partial charge in [-0.3, -0.25) is 9.63 Å². The summed E-state index contributed by atoms with van der Waals surface area (Å²) in [6.07, 6.45) is 2.18. The monoisotopic (exact) mass is 496 g/mol. The standard InChI is InChI=1S/C29H37ClN2O3/c1-6-35-31(19-33)18-26(34)14-10-23-8-11-24(12-9-23)29-22(5)27(15-16-32(29)20(2)3)28-17-25(30)13-7-21(28)4/h7-9,11-13,17,19,26,29,34H,2,6,10,14-16,18H2,1,3-5H3. The number of aliphatic hydroxyl groups is 1. The first-order valence-electron chi connectivity index (χ1n) is 12.2. The van der Waals surface area contributed by atoms with Gasteiger partial charge in [-0.1, -0.05) is 48.5 Å². The topological polar surface area (TPSA) is 53.0 Å². The lowest BCUT2D eigenvalue weighted by Crippen LogP contribution is -2.33. The first kappa shape index (κ1) is 27.0. The number of amides is 1. The average molecular weight is 497 g/mol. The molecule has 1 aliphatic rings. The minimum Gasteiger partial charge on any atom is -0.391 e. The van der Waals surface area contributed by atoms with Gasteiger partial charge < -0.3 is 10.0 Å². The van der Waals surface area contributed by atoms with Crippen molar-refractivity contribution in [2.24, 2.45) is 0 Å². The van der Waals surface area contributed by atoms with Gasteiger partial charge in [0.1, 0.15) is 0 Å². The van der Waals surface area contributed by atoms with Crippen LogP contribution in [0.2, 0.25) is 5.02 Å². The Balaban J connectivity index is 1.80. The number of benzene rings is 2. The van der Waals surface area contributed by atoms with E-state index in [4.69, 9.17) is 16.4 Å². The van der Waals surface area contributed by atoms with E-state index >= 15 is 0 Å². The molecule has 1 aliphatic heterocycles. The molecule has 0 saturated carbocycles. The molecule has 0 bridgehead atoms. The molecule has 35 heavy (non-hydrogen) atoms. The number of hydroxylamine groups is 2. The molecule has 2 aromatic rings. The number of aliphatic hydroxyl groups excluding tert-OH is 1. The van der Waals surface area contributed by atoms with Gasteiger partial charge in [-0.2, -0.15) is 0 Å². The van der Waals surface area contributed by atoms with E-state index in [9.17, 15) is 9.90 Å². The molecule has 0 aromatic heterocycles. The second kappa shape index (κ2) is 12.4. The fourth-order valence-electron chi connectivity index (χ4n) is 4.86. The largest absolute Gasteiger partial charge is 0.391 e. The average Bonchev–Trinajstić information content (AvgIpc) is 2.84. The van der Waals surface area contributed by atoms with Gasteiger partial charge in [0, 0.05) is 17.3 Å². The quantitative estimate of drug-likeness (QED) is 0.301. The van der Waals surface area contributed by atoms with Crippen LogP contribution in [0.1, 0.15) is 61.9 Å². The molecule has 0 radical (unpaired) electrons. The second-order valence-electron chi connectivity index (χ2n) is 9.26. The number of carbonyl (C=O) groups excluding carboxylic acids is 1.